The molecule has 0 bridgehead atoms. The molecule has 3 aromatic carbocycles. The van der Waals surface area contributed by atoms with Crippen LogP contribution in [0.2, 0.25) is 5.02 Å². The molecular formula is C26H22ClN5O2. The van der Waals surface area contributed by atoms with Crippen LogP contribution < -0.4 is 10.9 Å². The van der Waals surface area contributed by atoms with Crippen molar-refractivity contribution in [1.82, 2.24) is 19.2 Å². The van der Waals surface area contributed by atoms with Crippen LogP contribution in [0.1, 0.15) is 32.9 Å². The number of rotatable bonds is 4. The molecule has 0 fully saturated rings. The first-order valence-electron chi connectivity index (χ1n) is 10.8. The quantitative estimate of drug-likeness (QED) is 0.403. The fraction of sp³-hybridized carbons (Fsp3) is 0.154. The van der Waals surface area contributed by atoms with E-state index in [1.807, 2.05) is 69.3 Å². The minimum atomic E-state index is -0.476. The van der Waals surface area contributed by atoms with Crippen molar-refractivity contribution in [3.8, 4) is 0 Å². The molecule has 0 aliphatic rings. The molecular weight excluding hydrogens is 450 g/mol. The maximum absolute atomic E-state index is 13.5. The van der Waals surface area contributed by atoms with Gasteiger partial charge in [0.2, 0.25) is 11.5 Å². The zero-order valence-electron chi connectivity index (χ0n) is 19.0. The smallest absolute Gasteiger partial charge is 0.296 e. The molecule has 2 heterocycles. The normalized spacial score (nSPS) is 11.3. The number of nitrogens with zero attached hydrogens (tertiary/aromatic N) is 4. The first-order chi connectivity index (χ1) is 16.3. The van der Waals surface area contributed by atoms with Gasteiger partial charge in [-0.1, -0.05) is 35.9 Å². The highest BCUT2D eigenvalue weighted by molar-refractivity contribution is 6.30. The fourth-order valence-electron chi connectivity index (χ4n) is 3.91. The van der Waals surface area contributed by atoms with Crippen molar-refractivity contribution in [1.29, 1.82) is 0 Å². The Kier molecular flexibility index (Phi) is 5.42. The van der Waals surface area contributed by atoms with Gasteiger partial charge in [0.25, 0.3) is 11.5 Å². The second kappa shape index (κ2) is 8.43. The molecule has 0 atom stereocenters. The minimum absolute atomic E-state index is 0.0681. The summed E-state index contributed by atoms with van der Waals surface area (Å²) in [5.74, 6) is -0.544. The molecule has 0 saturated heterocycles. The van der Waals surface area contributed by atoms with E-state index in [2.05, 4.69) is 15.4 Å². The monoisotopic (exact) mass is 471 g/mol. The zero-order valence-corrected chi connectivity index (χ0v) is 19.7. The Morgan fingerprint density at radius 3 is 2.44 bits per heavy atom. The molecule has 0 spiro atoms. The highest BCUT2D eigenvalue weighted by Crippen LogP contribution is 2.19. The van der Waals surface area contributed by atoms with Crippen LogP contribution in [0.25, 0.3) is 16.7 Å². The fourth-order valence-corrected chi connectivity index (χ4v) is 4.04. The molecule has 8 heteroatoms. The molecule has 0 aliphatic carbocycles. The van der Waals surface area contributed by atoms with E-state index >= 15 is 0 Å². The number of halogens is 1. The van der Waals surface area contributed by atoms with Crippen molar-refractivity contribution in [3.05, 3.63) is 104 Å². The van der Waals surface area contributed by atoms with Gasteiger partial charge in [0.05, 0.1) is 17.6 Å². The van der Waals surface area contributed by atoms with Gasteiger partial charge >= 0.3 is 0 Å². The number of hydrogen-bond acceptors (Lipinski definition) is 4. The van der Waals surface area contributed by atoms with E-state index < -0.39 is 5.91 Å². The van der Waals surface area contributed by atoms with Crippen molar-refractivity contribution in [2.75, 3.05) is 5.32 Å². The summed E-state index contributed by atoms with van der Waals surface area (Å²) in [6.45, 7) is 6.28. The zero-order chi connectivity index (χ0) is 24.0. The largest absolute Gasteiger partial charge is 0.319 e. The number of amides is 1. The number of aromatic nitrogens is 4. The Morgan fingerprint density at radius 1 is 0.941 bits per heavy atom. The molecule has 34 heavy (non-hydrogen) atoms. The van der Waals surface area contributed by atoms with Gasteiger partial charge in [0, 0.05) is 10.7 Å². The summed E-state index contributed by atoms with van der Waals surface area (Å²) in [5.41, 5.74) is 5.92. The average Bonchev–Trinajstić information content (AvgIpc) is 3.26. The molecule has 1 amide bonds. The first kappa shape index (κ1) is 21.9. The lowest BCUT2D eigenvalue weighted by Crippen LogP contribution is -2.24. The Bertz CT molecular complexity index is 1630. The molecule has 0 unspecified atom stereocenters. The van der Waals surface area contributed by atoms with E-state index in [-0.39, 0.29) is 17.0 Å². The Balaban J connectivity index is 1.62. The van der Waals surface area contributed by atoms with Gasteiger partial charge in [0.1, 0.15) is 0 Å². The topological polar surface area (TPSA) is 81.3 Å². The summed E-state index contributed by atoms with van der Waals surface area (Å²) < 4.78 is 3.10. The van der Waals surface area contributed by atoms with Gasteiger partial charge in [-0.3, -0.25) is 14.2 Å². The SMILES string of the molecule is Cc1ccc2c(c1)n(Cc1ccc(Cl)cc1)c(=O)c1nc(C(=O)Nc3ccc(C)c(C)c3)nn12. The molecule has 170 valence electrons. The molecule has 7 nitrogen and oxygen atoms in total. The maximum atomic E-state index is 13.5. The predicted octanol–water partition coefficient (Wildman–Crippen LogP) is 4.92. The lowest BCUT2D eigenvalue weighted by molar-refractivity contribution is 0.101. The number of anilines is 1. The molecule has 5 aromatic rings. The van der Waals surface area contributed by atoms with Crippen LogP contribution in [0.15, 0.2) is 65.5 Å². The molecule has 0 saturated carbocycles. The lowest BCUT2D eigenvalue weighted by atomic mass is 10.1. The highest BCUT2D eigenvalue weighted by atomic mass is 35.5. The molecule has 5 rings (SSSR count). The van der Waals surface area contributed by atoms with E-state index in [0.29, 0.717) is 28.3 Å². The summed E-state index contributed by atoms with van der Waals surface area (Å²) >= 11 is 6.02. The Morgan fingerprint density at radius 2 is 1.71 bits per heavy atom. The van der Waals surface area contributed by atoms with Crippen molar-refractivity contribution in [2.24, 2.45) is 0 Å². The average molecular weight is 472 g/mol. The van der Waals surface area contributed by atoms with Crippen LogP contribution in [0, 0.1) is 20.8 Å². The van der Waals surface area contributed by atoms with Crippen LogP contribution in [0.5, 0.6) is 0 Å². The second-order valence-electron chi connectivity index (χ2n) is 8.43. The van der Waals surface area contributed by atoms with E-state index in [9.17, 15) is 9.59 Å². The summed E-state index contributed by atoms with van der Waals surface area (Å²) in [6, 6.07) is 18.8. The van der Waals surface area contributed by atoms with Crippen molar-refractivity contribution in [2.45, 2.75) is 27.3 Å². The third kappa shape index (κ3) is 3.95. The number of carbonyl (C=O) groups is 1. The van der Waals surface area contributed by atoms with E-state index in [1.165, 1.54) is 4.52 Å². The van der Waals surface area contributed by atoms with Gasteiger partial charge in [-0.2, -0.15) is 4.98 Å². The van der Waals surface area contributed by atoms with Crippen LogP contribution >= 0.6 is 11.6 Å². The predicted molar refractivity (Wildman–Crippen MR) is 134 cm³/mol. The highest BCUT2D eigenvalue weighted by Gasteiger charge is 2.19. The summed E-state index contributed by atoms with van der Waals surface area (Å²) in [6.07, 6.45) is 0. The first-order valence-corrected chi connectivity index (χ1v) is 11.2. The van der Waals surface area contributed by atoms with Gasteiger partial charge in [-0.15, -0.1) is 5.10 Å². The Hall–Kier alpha value is -3.97. The standard InChI is InChI=1S/C26H22ClN5O2/c1-15-4-11-21-22(12-15)31(14-18-6-8-19(27)9-7-18)26(34)24-29-23(30-32(21)24)25(33)28-20-10-5-16(2)17(3)13-20/h4-13H,14H2,1-3H3,(H,28,33). The van der Waals surface area contributed by atoms with Crippen molar-refractivity contribution in [3.63, 3.8) is 0 Å². The molecule has 0 aliphatic heterocycles. The number of nitrogens with one attached hydrogen (secondary N) is 1. The lowest BCUT2D eigenvalue weighted by Gasteiger charge is -2.12. The Labute approximate surface area is 200 Å². The molecule has 1 N–H and O–H groups in total. The van der Waals surface area contributed by atoms with Crippen molar-refractivity contribution < 1.29 is 4.79 Å². The third-order valence-electron chi connectivity index (χ3n) is 5.92. The van der Waals surface area contributed by atoms with E-state index in [0.717, 1.165) is 22.3 Å². The number of carbonyl (C=O) groups excluding carboxylic acids is 1. The van der Waals surface area contributed by atoms with Crippen molar-refractivity contribution >= 4 is 39.9 Å². The van der Waals surface area contributed by atoms with Crippen LogP contribution in [0.3, 0.4) is 0 Å². The van der Waals surface area contributed by atoms with Gasteiger partial charge in [0.15, 0.2) is 0 Å². The number of fused-ring (bicyclic) bond motifs is 3. The minimum Gasteiger partial charge on any atom is -0.319 e. The summed E-state index contributed by atoms with van der Waals surface area (Å²) in [5, 5.41) is 7.84. The van der Waals surface area contributed by atoms with Crippen LogP contribution in [0.4, 0.5) is 5.69 Å². The number of benzene rings is 3. The van der Waals surface area contributed by atoms with Gasteiger partial charge in [-0.05, 0) is 79.4 Å². The molecule has 0 radical (unpaired) electrons. The third-order valence-corrected chi connectivity index (χ3v) is 6.17. The maximum Gasteiger partial charge on any atom is 0.296 e. The van der Waals surface area contributed by atoms with Gasteiger partial charge in [-0.25, -0.2) is 4.52 Å². The van der Waals surface area contributed by atoms with E-state index in [1.54, 1.807) is 16.7 Å². The summed E-state index contributed by atoms with van der Waals surface area (Å²) in [7, 11) is 0. The van der Waals surface area contributed by atoms with Crippen LogP contribution in [-0.4, -0.2) is 25.1 Å². The second-order valence-corrected chi connectivity index (χ2v) is 8.87. The summed E-state index contributed by atoms with van der Waals surface area (Å²) in [4.78, 5) is 30.7. The van der Waals surface area contributed by atoms with Gasteiger partial charge < -0.3 is 5.32 Å². The number of hydrogen-bond donors (Lipinski definition) is 1. The number of aryl methyl sites for hydroxylation is 3. The van der Waals surface area contributed by atoms with E-state index in [4.69, 9.17) is 11.6 Å². The van der Waals surface area contributed by atoms with Crippen LogP contribution in [-0.2, 0) is 6.54 Å². The molecule has 2 aromatic heterocycles.